The van der Waals surface area contributed by atoms with Gasteiger partial charge in [-0.05, 0) is 55.5 Å². The largest absolute Gasteiger partial charge is 0.457 e. The van der Waals surface area contributed by atoms with Crippen molar-refractivity contribution in [3.8, 4) is 11.5 Å². The van der Waals surface area contributed by atoms with Crippen LogP contribution in [0.5, 0.6) is 11.5 Å². The Hall–Kier alpha value is -3.93. The highest BCUT2D eigenvalue weighted by Crippen LogP contribution is 2.22. The predicted molar refractivity (Wildman–Crippen MR) is 109 cm³/mol. The van der Waals surface area contributed by atoms with Crippen molar-refractivity contribution in [3.05, 3.63) is 101 Å². The number of ether oxygens (including phenoxy) is 2. The van der Waals surface area contributed by atoms with E-state index in [-0.39, 0.29) is 5.56 Å². The molecule has 6 heteroatoms. The van der Waals surface area contributed by atoms with Gasteiger partial charge in [0.05, 0.1) is 16.5 Å². The molecule has 3 aromatic carbocycles. The monoisotopic (exact) mass is 386 g/mol. The first-order chi connectivity index (χ1) is 14.1. The van der Waals surface area contributed by atoms with Crippen molar-refractivity contribution >= 4 is 16.9 Å². The zero-order valence-electron chi connectivity index (χ0n) is 15.7. The molecule has 0 bridgehead atoms. The van der Waals surface area contributed by atoms with E-state index in [0.717, 1.165) is 0 Å². The van der Waals surface area contributed by atoms with Crippen LogP contribution in [0, 0.1) is 0 Å². The maximum atomic E-state index is 12.5. The molecule has 0 saturated heterocycles. The molecule has 0 spiro atoms. The summed E-state index contributed by atoms with van der Waals surface area (Å²) in [4.78, 5) is 31.7. The number of hydrogen-bond donors (Lipinski definition) is 1. The highest BCUT2D eigenvalue weighted by atomic mass is 16.5. The summed E-state index contributed by atoms with van der Waals surface area (Å²) in [6.07, 6.45) is -0.708. The predicted octanol–water partition coefficient (Wildman–Crippen LogP) is 4.63. The van der Waals surface area contributed by atoms with Gasteiger partial charge in [-0.3, -0.25) is 4.79 Å². The SMILES string of the molecule is CC(OC(=O)c1ccc(Oc2ccccc2)cc1)c1nc2ccccc2c(=O)[nH]1. The Balaban J connectivity index is 1.47. The van der Waals surface area contributed by atoms with E-state index in [1.807, 2.05) is 30.3 Å². The second kappa shape index (κ2) is 7.98. The minimum absolute atomic E-state index is 0.268. The molecule has 0 aliphatic rings. The lowest BCUT2D eigenvalue weighted by Crippen LogP contribution is -2.17. The van der Waals surface area contributed by atoms with Gasteiger partial charge in [0.1, 0.15) is 11.5 Å². The van der Waals surface area contributed by atoms with Crippen LogP contribution in [0.15, 0.2) is 83.7 Å². The summed E-state index contributed by atoms with van der Waals surface area (Å²) in [6.45, 7) is 1.66. The van der Waals surface area contributed by atoms with Gasteiger partial charge in [-0.15, -0.1) is 0 Å². The second-order valence-corrected chi connectivity index (χ2v) is 6.46. The van der Waals surface area contributed by atoms with Crippen molar-refractivity contribution in [3.63, 3.8) is 0 Å². The first-order valence-corrected chi connectivity index (χ1v) is 9.13. The van der Waals surface area contributed by atoms with Crippen LogP contribution in [-0.2, 0) is 4.74 Å². The van der Waals surface area contributed by atoms with Crippen molar-refractivity contribution in [1.29, 1.82) is 0 Å². The third kappa shape index (κ3) is 4.16. The molecule has 1 aromatic heterocycles. The third-order valence-corrected chi connectivity index (χ3v) is 4.37. The van der Waals surface area contributed by atoms with Gasteiger partial charge in [0.2, 0.25) is 0 Å². The summed E-state index contributed by atoms with van der Waals surface area (Å²) in [7, 11) is 0. The van der Waals surface area contributed by atoms with Crippen LogP contribution in [0.2, 0.25) is 0 Å². The fourth-order valence-electron chi connectivity index (χ4n) is 2.87. The van der Waals surface area contributed by atoms with E-state index >= 15 is 0 Å². The zero-order valence-corrected chi connectivity index (χ0v) is 15.7. The molecule has 0 radical (unpaired) electrons. The highest BCUT2D eigenvalue weighted by Gasteiger charge is 2.17. The summed E-state index contributed by atoms with van der Waals surface area (Å²) >= 11 is 0. The Morgan fingerprint density at radius 3 is 2.31 bits per heavy atom. The molecule has 29 heavy (non-hydrogen) atoms. The smallest absolute Gasteiger partial charge is 0.338 e. The fraction of sp³-hybridized carbons (Fsp3) is 0.0870. The summed E-state index contributed by atoms with van der Waals surface area (Å²) in [5, 5.41) is 0.490. The molecule has 1 unspecified atom stereocenters. The first-order valence-electron chi connectivity index (χ1n) is 9.13. The Labute approximate surface area is 166 Å². The maximum Gasteiger partial charge on any atom is 0.338 e. The summed E-state index contributed by atoms with van der Waals surface area (Å²) in [6, 6.07) is 23.0. The maximum absolute atomic E-state index is 12.5. The van der Waals surface area contributed by atoms with Crippen molar-refractivity contribution < 1.29 is 14.3 Å². The van der Waals surface area contributed by atoms with Gasteiger partial charge in [0.25, 0.3) is 5.56 Å². The number of hydrogen-bond acceptors (Lipinski definition) is 5. The number of para-hydroxylation sites is 2. The molecule has 1 heterocycles. The second-order valence-electron chi connectivity index (χ2n) is 6.46. The van der Waals surface area contributed by atoms with E-state index in [4.69, 9.17) is 9.47 Å². The van der Waals surface area contributed by atoms with E-state index in [0.29, 0.717) is 33.8 Å². The lowest BCUT2D eigenvalue weighted by Gasteiger charge is -2.13. The van der Waals surface area contributed by atoms with E-state index < -0.39 is 12.1 Å². The van der Waals surface area contributed by atoms with Gasteiger partial charge in [0, 0.05) is 0 Å². The van der Waals surface area contributed by atoms with Crippen LogP contribution < -0.4 is 10.3 Å². The number of fused-ring (bicyclic) bond motifs is 1. The number of nitrogens with one attached hydrogen (secondary N) is 1. The lowest BCUT2D eigenvalue weighted by atomic mass is 10.2. The van der Waals surface area contributed by atoms with Gasteiger partial charge in [-0.2, -0.15) is 0 Å². The van der Waals surface area contributed by atoms with Gasteiger partial charge >= 0.3 is 5.97 Å². The molecule has 0 saturated carbocycles. The standard InChI is InChI=1S/C23H18N2O4/c1-15(21-24-20-10-6-5-9-19(20)22(26)25-21)28-23(27)16-11-13-18(14-12-16)29-17-7-3-2-4-8-17/h2-15H,1H3,(H,24,25,26). The molecule has 6 nitrogen and oxygen atoms in total. The molecular formula is C23H18N2O4. The average Bonchev–Trinajstić information content (AvgIpc) is 2.75. The number of carbonyl (C=O) groups is 1. The molecule has 4 aromatic rings. The molecule has 1 N–H and O–H groups in total. The number of esters is 1. The van der Waals surface area contributed by atoms with E-state index in [9.17, 15) is 9.59 Å². The number of rotatable bonds is 5. The average molecular weight is 386 g/mol. The normalized spacial score (nSPS) is 11.8. The number of aromatic nitrogens is 2. The molecule has 4 rings (SSSR count). The van der Waals surface area contributed by atoms with Crippen LogP contribution in [-0.4, -0.2) is 15.9 Å². The molecule has 144 valence electrons. The minimum atomic E-state index is -0.708. The van der Waals surface area contributed by atoms with E-state index in [1.54, 1.807) is 55.5 Å². The van der Waals surface area contributed by atoms with E-state index in [1.165, 1.54) is 0 Å². The van der Waals surface area contributed by atoms with Crippen LogP contribution in [0.4, 0.5) is 0 Å². The van der Waals surface area contributed by atoms with Gasteiger partial charge in [0.15, 0.2) is 11.9 Å². The fourth-order valence-corrected chi connectivity index (χ4v) is 2.87. The number of carbonyl (C=O) groups excluding carboxylic acids is 1. The number of nitrogens with zero attached hydrogens (tertiary/aromatic N) is 1. The summed E-state index contributed by atoms with van der Waals surface area (Å²) in [5.41, 5.74) is 0.660. The molecule has 1 atom stereocenters. The Morgan fingerprint density at radius 2 is 1.55 bits per heavy atom. The highest BCUT2D eigenvalue weighted by molar-refractivity contribution is 5.89. The van der Waals surface area contributed by atoms with Crippen molar-refractivity contribution in [1.82, 2.24) is 9.97 Å². The Kier molecular flexibility index (Phi) is 5.07. The van der Waals surface area contributed by atoms with Crippen LogP contribution in [0.25, 0.3) is 10.9 Å². The Bertz CT molecular complexity index is 1200. The van der Waals surface area contributed by atoms with Crippen LogP contribution in [0.3, 0.4) is 0 Å². The molecule has 0 fully saturated rings. The summed E-state index contributed by atoms with van der Waals surface area (Å²) in [5.74, 6) is 1.11. The topological polar surface area (TPSA) is 81.3 Å². The molecular weight excluding hydrogens is 368 g/mol. The van der Waals surface area contributed by atoms with E-state index in [2.05, 4.69) is 9.97 Å². The zero-order chi connectivity index (χ0) is 20.2. The molecule has 0 amide bonds. The first kappa shape index (κ1) is 18.4. The van der Waals surface area contributed by atoms with Crippen LogP contribution >= 0.6 is 0 Å². The molecule has 0 aliphatic carbocycles. The minimum Gasteiger partial charge on any atom is -0.457 e. The van der Waals surface area contributed by atoms with Crippen LogP contribution in [0.1, 0.15) is 29.2 Å². The summed E-state index contributed by atoms with van der Waals surface area (Å²) < 4.78 is 11.2. The lowest BCUT2D eigenvalue weighted by molar-refractivity contribution is 0.0320. The van der Waals surface area contributed by atoms with Crippen molar-refractivity contribution in [2.75, 3.05) is 0 Å². The van der Waals surface area contributed by atoms with Crippen molar-refractivity contribution in [2.45, 2.75) is 13.0 Å². The van der Waals surface area contributed by atoms with Gasteiger partial charge < -0.3 is 14.5 Å². The van der Waals surface area contributed by atoms with Crippen molar-refractivity contribution in [2.24, 2.45) is 0 Å². The quantitative estimate of drug-likeness (QED) is 0.506. The van der Waals surface area contributed by atoms with Gasteiger partial charge in [-0.1, -0.05) is 30.3 Å². The number of benzene rings is 3. The van der Waals surface area contributed by atoms with Gasteiger partial charge in [-0.25, -0.2) is 9.78 Å². The third-order valence-electron chi connectivity index (χ3n) is 4.37. The number of aromatic amines is 1. The number of H-pyrrole nitrogens is 1. The molecule has 0 aliphatic heterocycles. The Morgan fingerprint density at radius 1 is 0.897 bits per heavy atom.